The fourth-order valence-corrected chi connectivity index (χ4v) is 4.23. The van der Waals surface area contributed by atoms with Gasteiger partial charge in [0, 0.05) is 61.6 Å². The average molecular weight is 345 g/mol. The first kappa shape index (κ1) is 16.9. The summed E-state index contributed by atoms with van der Waals surface area (Å²) in [5.41, 5.74) is 3.89. The van der Waals surface area contributed by atoms with Crippen LogP contribution in [-0.2, 0) is 19.5 Å². The standard InChI is InChI=1S/C18H23N3O2S/c1-11-8-19-14(12(2)17(11)22)10-21-6-5-15-13(9-21)7-16(24-15)18(23)20(3)4/h7-8H,5-6,9-10H2,1-4H3,(H,19,22). The fraction of sp³-hybridized carbons (Fsp3) is 0.444. The van der Waals surface area contributed by atoms with E-state index in [2.05, 4.69) is 9.88 Å². The van der Waals surface area contributed by atoms with E-state index >= 15 is 0 Å². The molecule has 0 fully saturated rings. The third-order valence-corrected chi connectivity index (χ3v) is 5.78. The molecule has 0 spiro atoms. The van der Waals surface area contributed by atoms with Gasteiger partial charge in [0.15, 0.2) is 5.43 Å². The SMILES string of the molecule is Cc1c[nH]c(CN2CCc3sc(C(=O)N(C)C)cc3C2)c(C)c1=O. The van der Waals surface area contributed by atoms with Crippen LogP contribution < -0.4 is 5.43 Å². The normalized spacial score (nSPS) is 14.5. The zero-order chi connectivity index (χ0) is 17.4. The highest BCUT2D eigenvalue weighted by Crippen LogP contribution is 2.29. The smallest absolute Gasteiger partial charge is 0.263 e. The zero-order valence-electron chi connectivity index (χ0n) is 14.6. The van der Waals surface area contributed by atoms with E-state index in [9.17, 15) is 9.59 Å². The van der Waals surface area contributed by atoms with Gasteiger partial charge >= 0.3 is 0 Å². The Morgan fingerprint density at radius 2 is 2.12 bits per heavy atom. The lowest BCUT2D eigenvalue weighted by Gasteiger charge is -2.27. The summed E-state index contributed by atoms with van der Waals surface area (Å²) in [5, 5.41) is 0. The van der Waals surface area contributed by atoms with Crippen molar-refractivity contribution in [3.8, 4) is 0 Å². The van der Waals surface area contributed by atoms with Crippen LogP contribution in [0.25, 0.3) is 0 Å². The number of nitrogens with one attached hydrogen (secondary N) is 1. The molecule has 1 aliphatic heterocycles. The summed E-state index contributed by atoms with van der Waals surface area (Å²) >= 11 is 1.61. The summed E-state index contributed by atoms with van der Waals surface area (Å²) in [6.45, 7) is 6.21. The molecule has 6 heteroatoms. The first-order chi connectivity index (χ1) is 11.4. The van der Waals surface area contributed by atoms with Crippen LogP contribution in [0.1, 0.15) is 36.9 Å². The van der Waals surface area contributed by atoms with E-state index in [0.29, 0.717) is 0 Å². The quantitative estimate of drug-likeness (QED) is 0.929. The van der Waals surface area contributed by atoms with Gasteiger partial charge in [-0.15, -0.1) is 11.3 Å². The van der Waals surface area contributed by atoms with E-state index in [4.69, 9.17) is 0 Å². The highest BCUT2D eigenvalue weighted by Gasteiger charge is 2.22. The van der Waals surface area contributed by atoms with Crippen molar-refractivity contribution in [2.24, 2.45) is 0 Å². The minimum atomic E-state index is 0.0691. The van der Waals surface area contributed by atoms with Crippen molar-refractivity contribution < 1.29 is 4.79 Å². The highest BCUT2D eigenvalue weighted by atomic mass is 32.1. The summed E-state index contributed by atoms with van der Waals surface area (Å²) in [5.74, 6) is 0.0691. The molecule has 3 rings (SSSR count). The van der Waals surface area contributed by atoms with Crippen LogP contribution in [0.15, 0.2) is 17.1 Å². The number of aryl methyl sites for hydroxylation is 1. The van der Waals surface area contributed by atoms with Crippen molar-refractivity contribution in [3.05, 3.63) is 54.6 Å². The van der Waals surface area contributed by atoms with Crippen LogP contribution in [0.5, 0.6) is 0 Å². The maximum Gasteiger partial charge on any atom is 0.263 e. The Morgan fingerprint density at radius 1 is 1.38 bits per heavy atom. The molecule has 0 radical (unpaired) electrons. The van der Waals surface area contributed by atoms with Crippen LogP contribution in [0.4, 0.5) is 0 Å². The number of fused-ring (bicyclic) bond motifs is 1. The molecule has 0 atom stereocenters. The largest absolute Gasteiger partial charge is 0.363 e. The highest BCUT2D eigenvalue weighted by molar-refractivity contribution is 7.14. The molecule has 5 nitrogen and oxygen atoms in total. The monoisotopic (exact) mass is 345 g/mol. The van der Waals surface area contributed by atoms with Gasteiger partial charge in [0.05, 0.1) is 4.88 Å². The Morgan fingerprint density at radius 3 is 2.83 bits per heavy atom. The van der Waals surface area contributed by atoms with Gasteiger partial charge in [-0.1, -0.05) is 0 Å². The maximum atomic E-state index is 12.1. The van der Waals surface area contributed by atoms with Crippen molar-refractivity contribution in [2.45, 2.75) is 33.4 Å². The summed E-state index contributed by atoms with van der Waals surface area (Å²) in [6, 6.07) is 2.03. The molecule has 1 N–H and O–H groups in total. The molecule has 1 aliphatic rings. The molecule has 0 saturated heterocycles. The summed E-state index contributed by atoms with van der Waals surface area (Å²) in [6.07, 6.45) is 2.74. The summed E-state index contributed by atoms with van der Waals surface area (Å²) in [7, 11) is 3.56. The van der Waals surface area contributed by atoms with Gasteiger partial charge in [-0.2, -0.15) is 0 Å². The molecular formula is C18H23N3O2S. The third-order valence-electron chi connectivity index (χ3n) is 4.56. The van der Waals surface area contributed by atoms with Crippen LogP contribution in [-0.4, -0.2) is 41.3 Å². The Balaban J connectivity index is 1.77. The zero-order valence-corrected chi connectivity index (χ0v) is 15.4. The molecule has 0 unspecified atom stereocenters. The van der Waals surface area contributed by atoms with Crippen molar-refractivity contribution >= 4 is 17.2 Å². The molecule has 0 aromatic carbocycles. The second kappa shape index (κ2) is 6.53. The summed E-state index contributed by atoms with van der Waals surface area (Å²) < 4.78 is 0. The van der Waals surface area contributed by atoms with Crippen LogP contribution in [0.2, 0.25) is 0 Å². The molecule has 0 saturated carbocycles. The molecule has 1 amide bonds. The second-order valence-electron chi connectivity index (χ2n) is 6.62. The number of thiophene rings is 1. The number of H-pyrrole nitrogens is 1. The Kier molecular flexibility index (Phi) is 4.60. The number of amides is 1. The number of hydrogen-bond donors (Lipinski definition) is 1. The van der Waals surface area contributed by atoms with Crippen molar-refractivity contribution in [2.75, 3.05) is 20.6 Å². The topological polar surface area (TPSA) is 56.4 Å². The third kappa shape index (κ3) is 3.16. The number of hydrogen-bond acceptors (Lipinski definition) is 4. The predicted octanol–water partition coefficient (Wildman–Crippen LogP) is 2.31. The minimum absolute atomic E-state index is 0.0691. The van der Waals surface area contributed by atoms with Gasteiger partial charge in [0.1, 0.15) is 0 Å². The summed E-state index contributed by atoms with van der Waals surface area (Å²) in [4.78, 5) is 33.5. The van der Waals surface area contributed by atoms with Gasteiger partial charge in [-0.25, -0.2) is 0 Å². The van der Waals surface area contributed by atoms with Crippen molar-refractivity contribution in [1.29, 1.82) is 0 Å². The first-order valence-corrected chi connectivity index (χ1v) is 8.92. The van der Waals surface area contributed by atoms with Gasteiger partial charge in [0.25, 0.3) is 5.91 Å². The van der Waals surface area contributed by atoms with Gasteiger partial charge in [0.2, 0.25) is 0 Å². The van der Waals surface area contributed by atoms with E-state index < -0.39 is 0 Å². The molecule has 0 bridgehead atoms. The lowest BCUT2D eigenvalue weighted by molar-refractivity contribution is 0.0832. The van der Waals surface area contributed by atoms with Gasteiger partial charge in [-0.05, 0) is 31.9 Å². The van der Waals surface area contributed by atoms with Gasteiger partial charge in [-0.3, -0.25) is 14.5 Å². The van der Waals surface area contributed by atoms with E-state index in [-0.39, 0.29) is 11.3 Å². The molecule has 3 heterocycles. The van der Waals surface area contributed by atoms with E-state index in [1.54, 1.807) is 36.5 Å². The first-order valence-electron chi connectivity index (χ1n) is 8.10. The molecule has 24 heavy (non-hydrogen) atoms. The Bertz CT molecular complexity index is 835. The molecule has 128 valence electrons. The number of aromatic amines is 1. The number of aromatic nitrogens is 1. The van der Waals surface area contributed by atoms with Crippen molar-refractivity contribution in [3.63, 3.8) is 0 Å². The fourth-order valence-electron chi connectivity index (χ4n) is 3.04. The predicted molar refractivity (Wildman–Crippen MR) is 96.7 cm³/mol. The average Bonchev–Trinajstić information content (AvgIpc) is 2.97. The molecule has 2 aromatic rings. The number of carbonyl (C=O) groups is 1. The number of nitrogens with zero attached hydrogens (tertiary/aromatic N) is 2. The van der Waals surface area contributed by atoms with Gasteiger partial charge < -0.3 is 9.88 Å². The molecule has 2 aromatic heterocycles. The van der Waals surface area contributed by atoms with E-state index in [0.717, 1.165) is 47.8 Å². The van der Waals surface area contributed by atoms with Crippen LogP contribution in [0.3, 0.4) is 0 Å². The minimum Gasteiger partial charge on any atom is -0.363 e. The molecular weight excluding hydrogens is 322 g/mol. The van der Waals surface area contributed by atoms with Crippen molar-refractivity contribution in [1.82, 2.24) is 14.8 Å². The Labute approximate surface area is 145 Å². The maximum absolute atomic E-state index is 12.1. The second-order valence-corrected chi connectivity index (χ2v) is 7.76. The lowest BCUT2D eigenvalue weighted by atomic mass is 10.1. The Hall–Kier alpha value is -1.92. The van der Waals surface area contributed by atoms with Crippen LogP contribution in [0, 0.1) is 13.8 Å². The van der Waals surface area contributed by atoms with E-state index in [1.165, 1.54) is 10.4 Å². The van der Waals surface area contributed by atoms with E-state index in [1.807, 2.05) is 19.9 Å². The van der Waals surface area contributed by atoms with Crippen LogP contribution >= 0.6 is 11.3 Å². The number of pyridine rings is 1. The number of carbonyl (C=O) groups excluding carboxylic acids is 1. The molecule has 0 aliphatic carbocycles. The lowest BCUT2D eigenvalue weighted by Crippen LogP contribution is -2.30. The number of rotatable bonds is 3.